The van der Waals surface area contributed by atoms with E-state index >= 15 is 0 Å². The molecule has 0 fully saturated rings. The van der Waals surface area contributed by atoms with E-state index < -0.39 is 10.0 Å². The number of sulfonamides is 1. The molecule has 4 nitrogen and oxygen atoms in total. The van der Waals surface area contributed by atoms with Gasteiger partial charge in [-0.1, -0.05) is 37.3 Å². The van der Waals surface area contributed by atoms with Gasteiger partial charge in [0, 0.05) is 25.1 Å². The van der Waals surface area contributed by atoms with Gasteiger partial charge in [0.1, 0.15) is 4.90 Å². The number of halogens is 1. The molecule has 0 aliphatic heterocycles. The molecule has 21 heavy (non-hydrogen) atoms. The molecular formula is C15H20ClNO3S. The van der Waals surface area contributed by atoms with Crippen molar-refractivity contribution in [3.63, 3.8) is 0 Å². The molecule has 0 unspecified atom stereocenters. The van der Waals surface area contributed by atoms with Gasteiger partial charge in [-0.3, -0.25) is 0 Å². The molecule has 1 rings (SSSR count). The average molecular weight is 330 g/mol. The van der Waals surface area contributed by atoms with E-state index in [9.17, 15) is 8.42 Å². The van der Waals surface area contributed by atoms with Crippen LogP contribution in [0.25, 0.3) is 0 Å². The third-order valence-electron chi connectivity index (χ3n) is 2.84. The molecule has 1 aromatic carbocycles. The Bertz CT molecular complexity index is 632. The molecule has 0 spiro atoms. The van der Waals surface area contributed by atoms with Crippen LogP contribution < -0.4 is 0 Å². The van der Waals surface area contributed by atoms with E-state index in [-0.39, 0.29) is 16.5 Å². The van der Waals surface area contributed by atoms with Crippen LogP contribution in [0, 0.1) is 11.8 Å². The second-order valence-electron chi connectivity index (χ2n) is 4.42. The van der Waals surface area contributed by atoms with Gasteiger partial charge in [0.15, 0.2) is 0 Å². The molecule has 116 valence electrons. The maximum Gasteiger partial charge on any atom is 0.244 e. The highest BCUT2D eigenvalue weighted by molar-refractivity contribution is 7.89. The van der Waals surface area contributed by atoms with Gasteiger partial charge < -0.3 is 5.11 Å². The van der Waals surface area contributed by atoms with E-state index in [0.29, 0.717) is 25.1 Å². The summed E-state index contributed by atoms with van der Waals surface area (Å²) >= 11 is 6.10. The van der Waals surface area contributed by atoms with Crippen molar-refractivity contribution in [2.75, 3.05) is 19.7 Å². The third-order valence-corrected chi connectivity index (χ3v) is 5.30. The third kappa shape index (κ3) is 4.72. The number of nitrogens with zero attached hydrogens (tertiary/aromatic N) is 1. The highest BCUT2D eigenvalue weighted by atomic mass is 35.5. The minimum atomic E-state index is -3.57. The molecule has 0 atom stereocenters. The summed E-state index contributed by atoms with van der Waals surface area (Å²) in [5, 5.41) is 8.84. The van der Waals surface area contributed by atoms with Crippen molar-refractivity contribution < 1.29 is 13.5 Å². The van der Waals surface area contributed by atoms with Gasteiger partial charge in [-0.2, -0.15) is 4.31 Å². The van der Waals surface area contributed by atoms with Crippen molar-refractivity contribution in [1.29, 1.82) is 0 Å². The Morgan fingerprint density at radius 3 is 2.57 bits per heavy atom. The molecule has 6 heteroatoms. The van der Waals surface area contributed by atoms with Gasteiger partial charge in [-0.15, -0.1) is 0 Å². The fourth-order valence-corrected chi connectivity index (χ4v) is 3.90. The van der Waals surface area contributed by atoms with E-state index in [1.807, 2.05) is 6.92 Å². The summed E-state index contributed by atoms with van der Waals surface area (Å²) in [4.78, 5) is 0.104. The van der Waals surface area contributed by atoms with Crippen molar-refractivity contribution in [3.05, 3.63) is 28.8 Å². The predicted molar refractivity (Wildman–Crippen MR) is 84.8 cm³/mol. The van der Waals surface area contributed by atoms with Gasteiger partial charge in [-0.25, -0.2) is 8.42 Å². The quantitative estimate of drug-likeness (QED) is 0.816. The number of aliphatic hydroxyl groups excluding tert-OH is 1. The van der Waals surface area contributed by atoms with Crippen LogP contribution in [0.2, 0.25) is 5.02 Å². The highest BCUT2D eigenvalue weighted by Gasteiger charge is 2.24. The fourth-order valence-electron chi connectivity index (χ4n) is 1.84. The first-order valence-electron chi connectivity index (χ1n) is 6.86. The molecule has 0 aliphatic carbocycles. The summed E-state index contributed by atoms with van der Waals surface area (Å²) in [5.41, 5.74) is 0.630. The zero-order valence-electron chi connectivity index (χ0n) is 12.3. The molecule has 0 amide bonds. The number of hydrogen-bond acceptors (Lipinski definition) is 3. The minimum absolute atomic E-state index is 0.00429. The average Bonchev–Trinajstić information content (AvgIpc) is 2.44. The summed E-state index contributed by atoms with van der Waals surface area (Å²) in [5.74, 6) is 5.60. The summed E-state index contributed by atoms with van der Waals surface area (Å²) in [7, 11) is -3.57. The summed E-state index contributed by atoms with van der Waals surface area (Å²) in [6, 6.07) is 4.65. The topological polar surface area (TPSA) is 57.6 Å². The van der Waals surface area contributed by atoms with Crippen LogP contribution in [0.5, 0.6) is 0 Å². The minimum Gasteiger partial charge on any atom is -0.395 e. The van der Waals surface area contributed by atoms with Crippen LogP contribution in [0.1, 0.15) is 32.3 Å². The number of aliphatic hydroxyl groups is 1. The van der Waals surface area contributed by atoms with Gasteiger partial charge in [0.05, 0.1) is 11.6 Å². The zero-order chi connectivity index (χ0) is 15.9. The van der Waals surface area contributed by atoms with Crippen LogP contribution in [0.4, 0.5) is 0 Å². The Morgan fingerprint density at radius 1 is 1.33 bits per heavy atom. The lowest BCUT2D eigenvalue weighted by Crippen LogP contribution is -2.31. The fraction of sp³-hybridized carbons (Fsp3) is 0.467. The van der Waals surface area contributed by atoms with E-state index in [0.717, 1.165) is 6.42 Å². The first kappa shape index (κ1) is 18.0. The molecule has 0 aliphatic rings. The van der Waals surface area contributed by atoms with Crippen molar-refractivity contribution >= 4 is 21.6 Å². The van der Waals surface area contributed by atoms with Gasteiger partial charge >= 0.3 is 0 Å². The van der Waals surface area contributed by atoms with Crippen LogP contribution >= 0.6 is 11.6 Å². The first-order chi connectivity index (χ1) is 9.97. The molecule has 1 N–H and O–H groups in total. The summed E-state index contributed by atoms with van der Waals surface area (Å²) < 4.78 is 26.4. The lowest BCUT2D eigenvalue weighted by Gasteiger charge is -2.20. The maximum absolute atomic E-state index is 12.5. The van der Waals surface area contributed by atoms with Gasteiger partial charge in [0.2, 0.25) is 10.0 Å². The van der Waals surface area contributed by atoms with E-state index in [4.69, 9.17) is 16.7 Å². The second-order valence-corrected chi connectivity index (χ2v) is 6.73. The molecule has 0 heterocycles. The maximum atomic E-state index is 12.5. The number of hydrogen-bond donors (Lipinski definition) is 1. The monoisotopic (exact) mass is 329 g/mol. The largest absolute Gasteiger partial charge is 0.395 e. The molecule has 0 bridgehead atoms. The molecule has 0 saturated carbocycles. The van der Waals surface area contributed by atoms with Gasteiger partial charge in [-0.05, 0) is 24.6 Å². The van der Waals surface area contributed by atoms with E-state index in [1.54, 1.807) is 19.1 Å². The molecular weight excluding hydrogens is 310 g/mol. The summed E-state index contributed by atoms with van der Waals surface area (Å²) in [6.07, 6.45) is 1.12. The molecule has 0 aromatic heterocycles. The van der Waals surface area contributed by atoms with Crippen molar-refractivity contribution in [2.45, 2.75) is 31.6 Å². The standard InChI is InChI=1S/C15H20ClNO3S/c1-3-10-17(4-2)21(19,20)15-9-8-13(12-14(15)16)7-5-6-11-18/h8-9,12,18H,3-4,6,10-11H2,1-2H3. The predicted octanol–water partition coefficient (Wildman–Crippen LogP) is 2.49. The van der Waals surface area contributed by atoms with Crippen LogP contribution in [-0.2, 0) is 10.0 Å². The van der Waals surface area contributed by atoms with Crippen molar-refractivity contribution in [2.24, 2.45) is 0 Å². The molecule has 0 saturated heterocycles. The highest BCUT2D eigenvalue weighted by Crippen LogP contribution is 2.25. The number of benzene rings is 1. The van der Waals surface area contributed by atoms with Crippen LogP contribution in [0.15, 0.2) is 23.1 Å². The summed E-state index contributed by atoms with van der Waals surface area (Å²) in [6.45, 7) is 4.60. The van der Waals surface area contributed by atoms with Crippen LogP contribution in [-0.4, -0.2) is 37.5 Å². The molecule has 1 aromatic rings. The van der Waals surface area contributed by atoms with Crippen molar-refractivity contribution in [3.8, 4) is 11.8 Å². The Kier molecular flexibility index (Phi) is 7.20. The smallest absolute Gasteiger partial charge is 0.244 e. The molecule has 0 radical (unpaired) electrons. The zero-order valence-corrected chi connectivity index (χ0v) is 13.8. The van der Waals surface area contributed by atoms with E-state index in [2.05, 4.69) is 11.8 Å². The second kappa shape index (κ2) is 8.40. The van der Waals surface area contributed by atoms with Gasteiger partial charge in [0.25, 0.3) is 0 Å². The lowest BCUT2D eigenvalue weighted by atomic mass is 10.2. The SMILES string of the molecule is CCCN(CC)S(=O)(=O)c1ccc(C#CCCO)cc1Cl. The first-order valence-corrected chi connectivity index (χ1v) is 8.68. The Labute approximate surface area is 131 Å². The Morgan fingerprint density at radius 2 is 2.05 bits per heavy atom. The lowest BCUT2D eigenvalue weighted by molar-refractivity contribution is 0.305. The van der Waals surface area contributed by atoms with E-state index in [1.165, 1.54) is 10.4 Å². The van der Waals surface area contributed by atoms with Crippen LogP contribution in [0.3, 0.4) is 0 Å². The number of rotatable bonds is 6. The Balaban J connectivity index is 3.12. The normalized spacial score (nSPS) is 11.3. The Hall–Kier alpha value is -1.06. The van der Waals surface area contributed by atoms with Crippen molar-refractivity contribution in [1.82, 2.24) is 4.31 Å².